The van der Waals surface area contributed by atoms with Gasteiger partial charge in [-0.3, -0.25) is 4.79 Å². The maximum atomic E-state index is 12.0. The molecule has 0 unspecified atom stereocenters. The number of aryl methyl sites for hydroxylation is 1. The first kappa shape index (κ1) is 32.3. The Morgan fingerprint density at radius 2 is 1.31 bits per heavy atom. The van der Waals surface area contributed by atoms with Crippen LogP contribution in [0.4, 0.5) is 0 Å². The number of carbonyl (C=O) groups is 1. The van der Waals surface area contributed by atoms with Crippen molar-refractivity contribution in [3.05, 3.63) is 66.7 Å². The largest absolute Gasteiger partial charge is 0.494 e. The number of hydrogen-bond acceptors (Lipinski definition) is 6. The van der Waals surface area contributed by atoms with Crippen LogP contribution in [0.15, 0.2) is 71.1 Å². The molecule has 0 fully saturated rings. The Hall–Kier alpha value is -4.13. The first-order chi connectivity index (χ1) is 21.9. The van der Waals surface area contributed by atoms with Gasteiger partial charge in [0.15, 0.2) is 0 Å². The molecule has 7 heteroatoms. The molecule has 0 N–H and O–H groups in total. The van der Waals surface area contributed by atoms with Gasteiger partial charge in [0, 0.05) is 40.0 Å². The number of hydrogen-bond donors (Lipinski definition) is 0. The number of esters is 1. The minimum absolute atomic E-state index is 0.0736. The molecule has 45 heavy (non-hydrogen) atoms. The van der Waals surface area contributed by atoms with Crippen LogP contribution < -0.4 is 4.74 Å². The summed E-state index contributed by atoms with van der Waals surface area (Å²) in [5.74, 6) is 1.78. The first-order valence-electron chi connectivity index (χ1n) is 16.6. The van der Waals surface area contributed by atoms with Crippen molar-refractivity contribution in [2.75, 3.05) is 13.2 Å². The lowest BCUT2D eigenvalue weighted by Crippen LogP contribution is -2.26. The summed E-state index contributed by atoms with van der Waals surface area (Å²) >= 11 is 0. The van der Waals surface area contributed by atoms with Crippen molar-refractivity contribution in [3.8, 4) is 28.7 Å². The van der Waals surface area contributed by atoms with Gasteiger partial charge in [-0.25, -0.2) is 0 Å². The second-order valence-electron chi connectivity index (χ2n) is 12.6. The van der Waals surface area contributed by atoms with Crippen LogP contribution >= 0.6 is 0 Å². The minimum atomic E-state index is -0.368. The highest BCUT2D eigenvalue weighted by molar-refractivity contribution is 6.09. The van der Waals surface area contributed by atoms with Crippen LogP contribution in [0.25, 0.3) is 44.7 Å². The summed E-state index contributed by atoms with van der Waals surface area (Å²) in [5, 5.41) is 11.0. The van der Waals surface area contributed by atoms with Gasteiger partial charge < -0.3 is 18.5 Å². The van der Waals surface area contributed by atoms with Gasteiger partial charge in [-0.15, -0.1) is 10.2 Å². The van der Waals surface area contributed by atoms with E-state index in [1.54, 1.807) is 0 Å². The fourth-order valence-electron chi connectivity index (χ4n) is 5.59. The third-order valence-electron chi connectivity index (χ3n) is 8.91. The summed E-state index contributed by atoms with van der Waals surface area (Å²) in [6.07, 6.45) is 11.3. The molecule has 0 atom stereocenters. The average Bonchev–Trinajstić information content (AvgIpc) is 3.67. The summed E-state index contributed by atoms with van der Waals surface area (Å²) in [5.41, 5.74) is 3.78. The van der Waals surface area contributed by atoms with Crippen LogP contribution in [0.5, 0.6) is 5.75 Å². The average molecular weight is 610 g/mol. The van der Waals surface area contributed by atoms with Crippen molar-refractivity contribution in [1.82, 2.24) is 14.8 Å². The summed E-state index contributed by atoms with van der Waals surface area (Å²) in [6, 6.07) is 22.6. The molecule has 3 aromatic carbocycles. The molecule has 7 nitrogen and oxygen atoms in total. The van der Waals surface area contributed by atoms with E-state index >= 15 is 0 Å². The Morgan fingerprint density at radius 1 is 0.733 bits per heavy atom. The van der Waals surface area contributed by atoms with Gasteiger partial charge in [-0.1, -0.05) is 70.1 Å². The van der Waals surface area contributed by atoms with E-state index in [1.807, 2.05) is 51.1 Å². The number of rotatable bonds is 17. The van der Waals surface area contributed by atoms with E-state index in [9.17, 15) is 4.79 Å². The number of benzene rings is 3. The fraction of sp³-hybridized carbons (Fsp3) is 0.447. The Kier molecular flexibility index (Phi) is 10.9. The summed E-state index contributed by atoms with van der Waals surface area (Å²) < 4.78 is 19.7. The van der Waals surface area contributed by atoms with Crippen LogP contribution in [0.2, 0.25) is 0 Å². The molecule has 0 saturated carbocycles. The molecule has 5 aromatic rings. The number of nitrogens with zero attached hydrogens (tertiary/aromatic N) is 3. The molecular weight excluding hydrogens is 562 g/mol. The molecule has 0 aliphatic carbocycles. The predicted molar refractivity (Wildman–Crippen MR) is 181 cm³/mol. The lowest BCUT2D eigenvalue weighted by molar-refractivity contribution is -0.154. The summed E-state index contributed by atoms with van der Waals surface area (Å²) in [6.45, 7) is 7.18. The molecule has 0 saturated heterocycles. The Bertz CT molecular complexity index is 1680. The van der Waals surface area contributed by atoms with Crippen LogP contribution in [-0.2, 0) is 16.6 Å². The maximum absolute atomic E-state index is 12.0. The third kappa shape index (κ3) is 8.13. The smallest absolute Gasteiger partial charge is 0.311 e. The van der Waals surface area contributed by atoms with E-state index in [4.69, 9.17) is 13.9 Å². The Labute approximate surface area is 266 Å². The van der Waals surface area contributed by atoms with Gasteiger partial charge in [0.2, 0.25) is 11.8 Å². The van der Waals surface area contributed by atoms with Crippen molar-refractivity contribution < 1.29 is 18.7 Å². The standard InChI is InChI=1S/C38H47N3O4/c1-5-38(2,3)37(42)44-26-16-12-10-8-6-7-9-11-15-25-43-30-22-19-28(20-23-30)35-39-40-36(45-35)29-21-24-34-32(27-29)31-17-13-14-18-33(31)41(34)4/h13-14,17-24,27H,5-12,15-16,25-26H2,1-4H3. The minimum Gasteiger partial charge on any atom is -0.494 e. The van der Waals surface area contributed by atoms with Crippen molar-refractivity contribution in [1.29, 1.82) is 0 Å². The Balaban J connectivity index is 0.972. The van der Waals surface area contributed by atoms with Crippen molar-refractivity contribution in [2.45, 2.75) is 85.0 Å². The first-order valence-corrected chi connectivity index (χ1v) is 16.6. The zero-order valence-electron chi connectivity index (χ0n) is 27.3. The molecule has 5 rings (SSSR count). The molecule has 0 spiro atoms. The number of ether oxygens (including phenoxy) is 2. The maximum Gasteiger partial charge on any atom is 0.311 e. The number of aromatic nitrogens is 3. The van der Waals surface area contributed by atoms with Gasteiger partial charge in [-0.2, -0.15) is 0 Å². The Morgan fingerprint density at radius 3 is 2.00 bits per heavy atom. The van der Waals surface area contributed by atoms with E-state index in [-0.39, 0.29) is 11.4 Å². The van der Waals surface area contributed by atoms with Gasteiger partial charge >= 0.3 is 5.97 Å². The van der Waals surface area contributed by atoms with Crippen LogP contribution in [0.1, 0.15) is 85.0 Å². The van der Waals surface area contributed by atoms with E-state index in [2.05, 4.69) is 58.2 Å². The van der Waals surface area contributed by atoms with Crippen LogP contribution in [0, 0.1) is 5.41 Å². The van der Waals surface area contributed by atoms with Gasteiger partial charge in [0.05, 0.1) is 18.6 Å². The van der Waals surface area contributed by atoms with Crippen LogP contribution in [0.3, 0.4) is 0 Å². The summed E-state index contributed by atoms with van der Waals surface area (Å²) in [4.78, 5) is 12.0. The molecule has 0 radical (unpaired) electrons. The second-order valence-corrected chi connectivity index (χ2v) is 12.6. The van der Waals surface area contributed by atoms with Crippen molar-refractivity contribution in [2.24, 2.45) is 12.5 Å². The predicted octanol–water partition coefficient (Wildman–Crippen LogP) is 9.92. The van der Waals surface area contributed by atoms with Crippen molar-refractivity contribution >= 4 is 27.8 Å². The number of para-hydroxylation sites is 1. The number of unbranched alkanes of at least 4 members (excludes halogenated alkanes) is 8. The molecule has 2 heterocycles. The third-order valence-corrected chi connectivity index (χ3v) is 8.91. The normalized spacial score (nSPS) is 11.8. The van der Waals surface area contributed by atoms with E-state index in [0.29, 0.717) is 25.0 Å². The molecular formula is C38H47N3O4. The molecule has 238 valence electrons. The molecule has 0 amide bonds. The fourth-order valence-corrected chi connectivity index (χ4v) is 5.59. The van der Waals surface area contributed by atoms with E-state index < -0.39 is 0 Å². The van der Waals surface area contributed by atoms with Gasteiger partial charge in [0.1, 0.15) is 5.75 Å². The van der Waals surface area contributed by atoms with E-state index in [1.165, 1.54) is 60.3 Å². The number of fused-ring (bicyclic) bond motifs is 3. The molecule has 0 aliphatic heterocycles. The quantitative estimate of drug-likeness (QED) is 0.0771. The topological polar surface area (TPSA) is 79.4 Å². The molecule has 0 aliphatic rings. The highest BCUT2D eigenvalue weighted by Gasteiger charge is 2.26. The molecule has 2 aromatic heterocycles. The van der Waals surface area contributed by atoms with Gasteiger partial charge in [-0.05, 0) is 81.6 Å². The van der Waals surface area contributed by atoms with Crippen LogP contribution in [-0.4, -0.2) is 33.9 Å². The lowest BCUT2D eigenvalue weighted by atomic mass is 9.91. The van der Waals surface area contributed by atoms with Crippen molar-refractivity contribution in [3.63, 3.8) is 0 Å². The number of carbonyl (C=O) groups excluding carboxylic acids is 1. The monoisotopic (exact) mass is 609 g/mol. The van der Waals surface area contributed by atoms with E-state index in [0.717, 1.165) is 42.6 Å². The highest BCUT2D eigenvalue weighted by atomic mass is 16.5. The SMILES string of the molecule is CCC(C)(C)C(=O)OCCCCCCCCCCCOc1ccc(-c2nnc(-c3ccc4c(c3)c3ccccc3n4C)o2)cc1. The van der Waals surface area contributed by atoms with Gasteiger partial charge in [0.25, 0.3) is 0 Å². The summed E-state index contributed by atoms with van der Waals surface area (Å²) in [7, 11) is 2.09. The highest BCUT2D eigenvalue weighted by Crippen LogP contribution is 2.32. The lowest BCUT2D eigenvalue weighted by Gasteiger charge is -2.20. The molecule has 0 bridgehead atoms. The second kappa shape index (κ2) is 15.2. The zero-order chi connectivity index (χ0) is 31.6. The zero-order valence-corrected chi connectivity index (χ0v) is 27.3.